The number of carbonyl (C=O) groups excluding carboxylic acids is 2. The van der Waals surface area contributed by atoms with Crippen LogP contribution in [-0.4, -0.2) is 23.8 Å². The highest BCUT2D eigenvalue weighted by Gasteiger charge is 2.69. The molecule has 0 amide bonds. The predicted octanol–water partition coefficient (Wildman–Crippen LogP) is 3.79. The molecule has 5 fully saturated rings. The van der Waals surface area contributed by atoms with E-state index in [4.69, 9.17) is 4.74 Å². The van der Waals surface area contributed by atoms with Gasteiger partial charge in [0.25, 0.3) is 0 Å². The minimum Gasteiger partial charge on any atom is -0.374 e. The summed E-state index contributed by atoms with van der Waals surface area (Å²) in [6.45, 7) is 6.60. The quantitative estimate of drug-likeness (QED) is 0.734. The average Bonchev–Trinajstić information content (AvgIpc) is 2.98. The molecular formula is C21H30O3. The molecule has 0 bridgehead atoms. The van der Waals surface area contributed by atoms with Crippen molar-refractivity contribution in [3.63, 3.8) is 0 Å². The summed E-state index contributed by atoms with van der Waals surface area (Å²) >= 11 is 0. The van der Waals surface area contributed by atoms with Gasteiger partial charge in [0.1, 0.15) is 11.6 Å². The molecule has 1 saturated heterocycles. The van der Waals surface area contributed by atoms with Crippen molar-refractivity contribution in [1.29, 1.82) is 0 Å². The highest BCUT2D eigenvalue weighted by Crippen LogP contribution is 2.70. The highest BCUT2D eigenvalue weighted by molar-refractivity contribution is 5.81. The number of fused-ring (bicyclic) bond motifs is 2. The second-order valence-corrected chi connectivity index (χ2v) is 10.00. The fourth-order valence-electron chi connectivity index (χ4n) is 8.36. The molecule has 4 saturated carbocycles. The lowest BCUT2D eigenvalue weighted by atomic mass is 9.44. The van der Waals surface area contributed by atoms with Crippen molar-refractivity contribution < 1.29 is 14.3 Å². The van der Waals surface area contributed by atoms with E-state index < -0.39 is 0 Å². The Morgan fingerprint density at radius 1 is 1.12 bits per heavy atom. The van der Waals surface area contributed by atoms with Crippen molar-refractivity contribution in [2.75, 3.05) is 0 Å². The van der Waals surface area contributed by atoms with Crippen molar-refractivity contribution in [3.05, 3.63) is 0 Å². The smallest absolute Gasteiger partial charge is 0.135 e. The van der Waals surface area contributed by atoms with E-state index in [1.807, 2.05) is 0 Å². The van der Waals surface area contributed by atoms with Crippen molar-refractivity contribution in [2.24, 2.45) is 40.4 Å². The molecule has 24 heavy (non-hydrogen) atoms. The normalized spacial score (nSPS) is 58.3. The van der Waals surface area contributed by atoms with Crippen molar-refractivity contribution in [3.8, 4) is 0 Å². The van der Waals surface area contributed by atoms with Crippen molar-refractivity contribution in [2.45, 2.75) is 77.9 Å². The van der Waals surface area contributed by atoms with Gasteiger partial charge in [0, 0.05) is 24.2 Å². The molecule has 0 aromatic heterocycles. The lowest BCUT2D eigenvalue weighted by molar-refractivity contribution is -0.137. The average molecular weight is 330 g/mol. The molecule has 1 aliphatic heterocycles. The van der Waals surface area contributed by atoms with Crippen LogP contribution >= 0.6 is 0 Å². The van der Waals surface area contributed by atoms with Gasteiger partial charge in [0.05, 0.1) is 12.2 Å². The predicted molar refractivity (Wildman–Crippen MR) is 90.3 cm³/mol. The minimum absolute atomic E-state index is 0.123. The molecule has 0 spiro atoms. The van der Waals surface area contributed by atoms with Crippen molar-refractivity contribution >= 4 is 11.6 Å². The number of ether oxygens (including phenoxy) is 1. The lowest BCUT2D eigenvalue weighted by Crippen LogP contribution is -2.57. The summed E-state index contributed by atoms with van der Waals surface area (Å²) in [5, 5.41) is 0. The maximum atomic E-state index is 12.3. The number of hydrogen-bond acceptors (Lipinski definition) is 3. The number of hydrogen-bond donors (Lipinski definition) is 0. The van der Waals surface area contributed by atoms with Gasteiger partial charge in [-0.25, -0.2) is 0 Å². The first kappa shape index (κ1) is 15.5. The SMILES string of the molecule is CC(=O)[C@H]1CC[C@H]2[C@@H]3CC[C@@H]4CC(=O)C[C@@H]5O[C@H](C[C@]12C)[C@@H]3[C@]45C. The van der Waals surface area contributed by atoms with E-state index in [9.17, 15) is 9.59 Å². The standard InChI is InChI=1S/C21H30O3/c1-11(22)15-6-7-16-14-5-4-12-8-13(23)9-18-21(12,3)19(14)17(24-18)10-20(15,16)2/h12,14-19H,4-10H2,1-3H3/t12-,14+,15-,16+,17-,18+,19-,20-,21-/m1/s1. The molecule has 0 aromatic carbocycles. The second-order valence-electron chi connectivity index (χ2n) is 10.00. The van der Waals surface area contributed by atoms with Gasteiger partial charge >= 0.3 is 0 Å². The Morgan fingerprint density at radius 3 is 2.67 bits per heavy atom. The molecule has 0 radical (unpaired) electrons. The Bertz CT molecular complexity index is 612. The molecule has 132 valence electrons. The number of rotatable bonds is 1. The maximum absolute atomic E-state index is 12.3. The first-order chi connectivity index (χ1) is 11.4. The van der Waals surface area contributed by atoms with Crippen LogP contribution in [0.5, 0.6) is 0 Å². The Morgan fingerprint density at radius 2 is 1.92 bits per heavy atom. The van der Waals surface area contributed by atoms with Gasteiger partial charge in [-0.3, -0.25) is 9.59 Å². The summed E-state index contributed by atoms with van der Waals surface area (Å²) in [4.78, 5) is 24.5. The number of Topliss-reactive ketones (excluding diaryl/α,β-unsaturated/α-hetero) is 2. The molecule has 5 aliphatic rings. The minimum atomic E-state index is 0.123. The van der Waals surface area contributed by atoms with Crippen LogP contribution in [0.1, 0.15) is 65.7 Å². The van der Waals surface area contributed by atoms with Gasteiger partial charge in [0.15, 0.2) is 0 Å². The summed E-state index contributed by atoms with van der Waals surface area (Å²) in [5.74, 6) is 3.56. The molecule has 0 unspecified atom stereocenters. The monoisotopic (exact) mass is 330 g/mol. The first-order valence-electron chi connectivity index (χ1n) is 10.0. The van der Waals surface area contributed by atoms with Gasteiger partial charge < -0.3 is 4.74 Å². The molecule has 5 rings (SSSR count). The zero-order chi connectivity index (χ0) is 16.9. The largest absolute Gasteiger partial charge is 0.374 e. The molecule has 0 N–H and O–H groups in total. The second kappa shape index (κ2) is 4.72. The van der Waals surface area contributed by atoms with Gasteiger partial charge in [0.2, 0.25) is 0 Å². The highest BCUT2D eigenvalue weighted by atomic mass is 16.5. The summed E-state index contributed by atoms with van der Waals surface area (Å²) in [6, 6.07) is 0. The first-order valence-corrected chi connectivity index (χ1v) is 10.0. The maximum Gasteiger partial charge on any atom is 0.135 e. The van der Waals surface area contributed by atoms with Crippen LogP contribution in [0.3, 0.4) is 0 Å². The third-order valence-electron chi connectivity index (χ3n) is 9.29. The fourth-order valence-corrected chi connectivity index (χ4v) is 8.36. The lowest BCUT2D eigenvalue weighted by Gasteiger charge is -2.58. The molecular weight excluding hydrogens is 300 g/mol. The van der Waals surface area contributed by atoms with Crippen molar-refractivity contribution in [1.82, 2.24) is 0 Å². The van der Waals surface area contributed by atoms with E-state index >= 15 is 0 Å². The molecule has 3 heteroatoms. The Labute approximate surface area is 144 Å². The van der Waals surface area contributed by atoms with Crippen LogP contribution in [0.4, 0.5) is 0 Å². The number of ketones is 2. The Kier molecular flexibility index (Phi) is 3.06. The number of carbonyl (C=O) groups is 2. The molecule has 9 atom stereocenters. The summed E-state index contributed by atoms with van der Waals surface area (Å²) in [5.41, 5.74) is 0.329. The Balaban J connectivity index is 1.56. The third kappa shape index (κ3) is 1.68. The van der Waals surface area contributed by atoms with Crippen LogP contribution in [-0.2, 0) is 14.3 Å². The summed E-state index contributed by atoms with van der Waals surface area (Å²) < 4.78 is 6.59. The van der Waals surface area contributed by atoms with E-state index in [0.717, 1.165) is 19.3 Å². The van der Waals surface area contributed by atoms with Crippen LogP contribution in [0.2, 0.25) is 0 Å². The summed E-state index contributed by atoms with van der Waals surface area (Å²) in [6.07, 6.45) is 7.60. The van der Waals surface area contributed by atoms with Gasteiger partial charge in [-0.15, -0.1) is 0 Å². The topological polar surface area (TPSA) is 43.4 Å². The van der Waals surface area contributed by atoms with E-state index in [0.29, 0.717) is 41.7 Å². The van der Waals surface area contributed by atoms with Crippen LogP contribution in [0.25, 0.3) is 0 Å². The summed E-state index contributed by atoms with van der Waals surface area (Å²) in [7, 11) is 0. The Hall–Kier alpha value is -0.700. The molecule has 0 aromatic rings. The molecule has 1 heterocycles. The van der Waals surface area contributed by atoms with Gasteiger partial charge in [-0.2, -0.15) is 0 Å². The van der Waals surface area contributed by atoms with E-state index in [1.54, 1.807) is 6.92 Å². The van der Waals surface area contributed by atoms with Gasteiger partial charge in [-0.1, -0.05) is 13.8 Å². The van der Waals surface area contributed by atoms with Crippen LogP contribution < -0.4 is 0 Å². The zero-order valence-corrected chi connectivity index (χ0v) is 15.2. The van der Waals surface area contributed by atoms with Gasteiger partial charge in [-0.05, 0) is 68.1 Å². The molecule has 3 nitrogen and oxygen atoms in total. The third-order valence-corrected chi connectivity index (χ3v) is 9.29. The van der Waals surface area contributed by atoms with E-state index in [-0.39, 0.29) is 29.0 Å². The van der Waals surface area contributed by atoms with E-state index in [1.165, 1.54) is 19.3 Å². The fraction of sp³-hybridized carbons (Fsp3) is 0.905. The van der Waals surface area contributed by atoms with Crippen LogP contribution in [0, 0.1) is 40.4 Å². The zero-order valence-electron chi connectivity index (χ0n) is 15.2. The molecule has 4 aliphatic carbocycles. The van der Waals surface area contributed by atoms with Crippen LogP contribution in [0.15, 0.2) is 0 Å². The van der Waals surface area contributed by atoms with E-state index in [2.05, 4.69) is 13.8 Å².